The maximum Gasteiger partial charge on any atom is 0.417 e. The number of fused-ring (bicyclic) bond motifs is 3. The second kappa shape index (κ2) is 8.55. The first-order valence-corrected chi connectivity index (χ1v) is 10.4. The van der Waals surface area contributed by atoms with Crippen molar-refractivity contribution in [3.8, 4) is 11.5 Å². The fourth-order valence-corrected chi connectivity index (χ4v) is 4.62. The Bertz CT molecular complexity index is 747. The van der Waals surface area contributed by atoms with Crippen LogP contribution >= 0.6 is 0 Å². The Morgan fingerprint density at radius 2 is 1.90 bits per heavy atom. The van der Waals surface area contributed by atoms with Crippen LogP contribution in [0.1, 0.15) is 50.8 Å². The molecule has 170 valence electrons. The van der Waals surface area contributed by atoms with Crippen molar-refractivity contribution in [2.75, 3.05) is 26.8 Å². The average molecular weight is 431 g/mol. The first-order valence-electron chi connectivity index (χ1n) is 10.4. The number of aliphatic hydroxyl groups is 2. The van der Waals surface area contributed by atoms with Gasteiger partial charge in [0.2, 0.25) is 0 Å². The Labute approximate surface area is 175 Å². The highest BCUT2D eigenvalue weighted by atomic mass is 19.4. The lowest BCUT2D eigenvalue weighted by Crippen LogP contribution is -2.48. The van der Waals surface area contributed by atoms with Crippen LogP contribution in [0.3, 0.4) is 0 Å². The lowest BCUT2D eigenvalue weighted by atomic mass is 9.75. The fraction of sp³-hybridized carbons (Fsp3) is 0.727. The molecule has 2 N–H and O–H groups in total. The molecule has 3 rings (SSSR count). The molecule has 0 amide bonds. The second-order valence-corrected chi connectivity index (χ2v) is 9.66. The van der Waals surface area contributed by atoms with E-state index in [4.69, 9.17) is 9.47 Å². The molecule has 30 heavy (non-hydrogen) atoms. The summed E-state index contributed by atoms with van der Waals surface area (Å²) in [5, 5.41) is 20.0. The topological polar surface area (TPSA) is 62.2 Å². The van der Waals surface area contributed by atoms with Gasteiger partial charge in [0.15, 0.2) is 17.6 Å². The van der Waals surface area contributed by atoms with Crippen molar-refractivity contribution in [3.63, 3.8) is 0 Å². The molecule has 0 aliphatic carbocycles. The third-order valence-electron chi connectivity index (χ3n) is 6.02. The van der Waals surface area contributed by atoms with Crippen LogP contribution in [0.15, 0.2) is 12.1 Å². The first kappa shape index (κ1) is 23.2. The lowest BCUT2D eigenvalue weighted by Gasteiger charge is -2.47. The van der Waals surface area contributed by atoms with Crippen LogP contribution in [0.5, 0.6) is 11.5 Å². The van der Waals surface area contributed by atoms with E-state index in [2.05, 4.69) is 25.7 Å². The number of halogens is 3. The van der Waals surface area contributed by atoms with Crippen LogP contribution in [0.4, 0.5) is 13.2 Å². The third-order valence-corrected chi connectivity index (χ3v) is 6.02. The van der Waals surface area contributed by atoms with Crippen molar-refractivity contribution in [2.45, 2.75) is 64.5 Å². The maximum atomic E-state index is 12.6. The zero-order chi connectivity index (χ0) is 22.3. The van der Waals surface area contributed by atoms with E-state index >= 15 is 0 Å². The molecular weight excluding hydrogens is 399 g/mol. The number of methoxy groups -OCH3 is 1. The molecule has 0 unspecified atom stereocenters. The predicted molar refractivity (Wildman–Crippen MR) is 107 cm³/mol. The highest BCUT2D eigenvalue weighted by molar-refractivity contribution is 5.49. The number of hydrogen-bond donors (Lipinski definition) is 2. The molecule has 2 aliphatic rings. The molecule has 1 saturated heterocycles. The summed E-state index contributed by atoms with van der Waals surface area (Å²) in [4.78, 5) is 2.39. The zero-order valence-electron chi connectivity index (χ0n) is 18.0. The van der Waals surface area contributed by atoms with Gasteiger partial charge in [-0.3, -0.25) is 4.90 Å². The molecule has 0 bridgehead atoms. The third kappa shape index (κ3) is 5.21. The van der Waals surface area contributed by atoms with Crippen LogP contribution in [0.2, 0.25) is 0 Å². The number of alkyl halides is 3. The molecule has 2 heterocycles. The van der Waals surface area contributed by atoms with Crippen molar-refractivity contribution in [2.24, 2.45) is 11.3 Å². The van der Waals surface area contributed by atoms with E-state index in [9.17, 15) is 23.4 Å². The van der Waals surface area contributed by atoms with Gasteiger partial charge in [-0.15, -0.1) is 0 Å². The van der Waals surface area contributed by atoms with Crippen LogP contribution in [0, 0.1) is 11.3 Å². The normalized spacial score (nSPS) is 26.0. The van der Waals surface area contributed by atoms with Gasteiger partial charge in [-0.25, -0.2) is 0 Å². The molecule has 2 aliphatic heterocycles. The molecule has 0 spiro atoms. The smallest absolute Gasteiger partial charge is 0.417 e. The Morgan fingerprint density at radius 3 is 2.50 bits per heavy atom. The summed E-state index contributed by atoms with van der Waals surface area (Å²) in [6.45, 7) is 7.29. The minimum atomic E-state index is -4.73. The van der Waals surface area contributed by atoms with E-state index in [1.165, 1.54) is 7.11 Å². The van der Waals surface area contributed by atoms with E-state index in [1.807, 2.05) is 0 Å². The number of nitrogens with zero attached hydrogens (tertiary/aromatic N) is 1. The van der Waals surface area contributed by atoms with Gasteiger partial charge in [-0.1, -0.05) is 20.8 Å². The average Bonchev–Trinajstić information content (AvgIpc) is 2.64. The van der Waals surface area contributed by atoms with Gasteiger partial charge in [0.25, 0.3) is 0 Å². The lowest BCUT2D eigenvalue weighted by molar-refractivity contribution is -0.210. The molecule has 4 atom stereocenters. The molecule has 1 fully saturated rings. The van der Waals surface area contributed by atoms with Gasteiger partial charge in [-0.2, -0.15) is 13.2 Å². The second-order valence-electron chi connectivity index (χ2n) is 9.66. The monoisotopic (exact) mass is 431 g/mol. The van der Waals surface area contributed by atoms with E-state index < -0.39 is 25.0 Å². The van der Waals surface area contributed by atoms with Gasteiger partial charge in [0, 0.05) is 19.1 Å². The highest BCUT2D eigenvalue weighted by Gasteiger charge is 2.41. The van der Waals surface area contributed by atoms with E-state index in [0.717, 1.165) is 37.1 Å². The minimum absolute atomic E-state index is 0.0451. The van der Waals surface area contributed by atoms with Gasteiger partial charge in [0.1, 0.15) is 6.61 Å². The van der Waals surface area contributed by atoms with Crippen molar-refractivity contribution in [3.05, 3.63) is 23.3 Å². The van der Waals surface area contributed by atoms with Crippen LogP contribution in [0.25, 0.3) is 0 Å². The van der Waals surface area contributed by atoms with E-state index in [-0.39, 0.29) is 23.1 Å². The molecule has 8 heteroatoms. The number of hydrogen-bond acceptors (Lipinski definition) is 5. The van der Waals surface area contributed by atoms with Crippen LogP contribution < -0.4 is 9.47 Å². The number of benzene rings is 1. The van der Waals surface area contributed by atoms with E-state index in [1.54, 1.807) is 12.1 Å². The molecule has 1 aromatic carbocycles. The van der Waals surface area contributed by atoms with Crippen molar-refractivity contribution in [1.29, 1.82) is 0 Å². The Hall–Kier alpha value is -1.51. The van der Waals surface area contributed by atoms with Gasteiger partial charge < -0.3 is 19.7 Å². The summed E-state index contributed by atoms with van der Waals surface area (Å²) >= 11 is 0. The summed E-state index contributed by atoms with van der Waals surface area (Å²) < 4.78 is 48.3. The summed E-state index contributed by atoms with van der Waals surface area (Å²) in [5.41, 5.74) is 2.15. The highest BCUT2D eigenvalue weighted by Crippen LogP contribution is 2.44. The molecule has 1 aromatic rings. The summed E-state index contributed by atoms with van der Waals surface area (Å²) in [7, 11) is 1.43. The molecule has 0 aromatic heterocycles. The van der Waals surface area contributed by atoms with E-state index in [0.29, 0.717) is 12.2 Å². The van der Waals surface area contributed by atoms with Gasteiger partial charge >= 0.3 is 6.18 Å². The van der Waals surface area contributed by atoms with Crippen molar-refractivity contribution >= 4 is 0 Å². The fourth-order valence-electron chi connectivity index (χ4n) is 4.62. The largest absolute Gasteiger partial charge is 0.493 e. The SMILES string of the molecule is COc1cc2c(cc1OC[C@@H](O)C(F)(F)F)CCN1C[C@@H](CC(C)(C)C)[C@H](O)C[C@H]21. The molecular formula is C22H32F3NO4. The van der Waals surface area contributed by atoms with Crippen molar-refractivity contribution < 1.29 is 32.9 Å². The van der Waals surface area contributed by atoms with Crippen LogP contribution in [-0.2, 0) is 6.42 Å². The Balaban J connectivity index is 1.79. The quantitative estimate of drug-likeness (QED) is 0.744. The number of piperidine rings is 1. The number of ether oxygens (including phenoxy) is 2. The van der Waals surface area contributed by atoms with Crippen LogP contribution in [-0.4, -0.2) is 60.3 Å². The summed E-state index contributed by atoms with van der Waals surface area (Å²) in [6, 6.07) is 3.56. The Morgan fingerprint density at radius 1 is 1.20 bits per heavy atom. The van der Waals surface area contributed by atoms with Crippen molar-refractivity contribution in [1.82, 2.24) is 4.90 Å². The number of rotatable bonds is 5. The van der Waals surface area contributed by atoms with Gasteiger partial charge in [-0.05, 0) is 53.9 Å². The van der Waals surface area contributed by atoms with Gasteiger partial charge in [0.05, 0.1) is 13.2 Å². The molecule has 0 saturated carbocycles. The minimum Gasteiger partial charge on any atom is -0.493 e. The predicted octanol–water partition coefficient (Wildman–Crippen LogP) is 3.71. The molecule has 0 radical (unpaired) electrons. The zero-order valence-corrected chi connectivity index (χ0v) is 18.0. The number of aliphatic hydroxyl groups excluding tert-OH is 2. The summed E-state index contributed by atoms with van der Waals surface area (Å²) in [5.74, 6) is 0.738. The maximum absolute atomic E-state index is 12.6. The summed E-state index contributed by atoms with van der Waals surface area (Å²) in [6.07, 6.45) is -5.38. The molecule has 5 nitrogen and oxygen atoms in total. The first-order chi connectivity index (χ1) is 13.9. The Kier molecular flexibility index (Phi) is 6.60. The standard InChI is InChI=1S/C22H32F3NO4/c1-21(2,3)10-14-11-26-6-5-13-7-19(30-12-20(28)22(23,24)25)18(29-4)8-15(13)16(26)9-17(14)27/h7-8,14,16-17,20,27-28H,5-6,9-12H2,1-4H3/t14-,16-,17-,20-/m1/s1.